The van der Waals surface area contributed by atoms with Crippen LogP contribution >= 0.6 is 11.6 Å². The van der Waals surface area contributed by atoms with Gasteiger partial charge < -0.3 is 16.0 Å². The molecule has 2 amide bonds. The first-order chi connectivity index (χ1) is 13.5. The third kappa shape index (κ3) is 3.42. The molecule has 1 aliphatic heterocycles. The Morgan fingerprint density at radius 1 is 0.964 bits per heavy atom. The highest BCUT2D eigenvalue weighted by molar-refractivity contribution is 6.33. The summed E-state index contributed by atoms with van der Waals surface area (Å²) in [4.78, 5) is 24.8. The summed E-state index contributed by atoms with van der Waals surface area (Å²) >= 11 is 6.20. The van der Waals surface area contributed by atoms with Crippen LogP contribution < -0.4 is 16.0 Å². The summed E-state index contributed by atoms with van der Waals surface area (Å²) in [5.41, 5.74) is 3.26. The molecule has 1 heterocycles. The van der Waals surface area contributed by atoms with Gasteiger partial charge in [-0.2, -0.15) is 0 Å². The number of nitrogens with one attached hydrogen (secondary N) is 3. The van der Waals surface area contributed by atoms with Crippen LogP contribution in [0.1, 0.15) is 26.3 Å². The second kappa shape index (κ2) is 7.32. The molecule has 0 saturated heterocycles. The third-order valence-corrected chi connectivity index (χ3v) is 4.79. The average molecular weight is 396 g/mol. The van der Waals surface area contributed by atoms with E-state index in [-0.39, 0.29) is 5.91 Å². The lowest BCUT2D eigenvalue weighted by Gasteiger charge is -2.15. The van der Waals surface area contributed by atoms with Crippen LogP contribution in [0.3, 0.4) is 0 Å². The lowest BCUT2D eigenvalue weighted by Crippen LogP contribution is -2.17. The molecule has 3 aromatic carbocycles. The smallest absolute Gasteiger partial charge is 0.255 e. The van der Waals surface area contributed by atoms with Crippen molar-refractivity contribution in [2.24, 2.45) is 0 Å². The van der Waals surface area contributed by atoms with E-state index in [1.54, 1.807) is 18.2 Å². The minimum absolute atomic E-state index is 0.271. The van der Waals surface area contributed by atoms with E-state index in [2.05, 4.69) is 16.0 Å². The fourth-order valence-corrected chi connectivity index (χ4v) is 3.26. The van der Waals surface area contributed by atoms with E-state index in [9.17, 15) is 14.0 Å². The minimum Gasteiger partial charge on any atom is -0.354 e. The number of rotatable bonds is 4. The summed E-state index contributed by atoms with van der Waals surface area (Å²) in [6, 6.07) is 15.9. The zero-order chi connectivity index (χ0) is 19.7. The molecule has 3 N–H and O–H groups in total. The van der Waals surface area contributed by atoms with E-state index < -0.39 is 11.7 Å². The molecule has 0 radical (unpaired) electrons. The van der Waals surface area contributed by atoms with Crippen molar-refractivity contribution in [3.63, 3.8) is 0 Å². The van der Waals surface area contributed by atoms with Crippen molar-refractivity contribution in [3.8, 4) is 0 Å². The number of amides is 2. The molecule has 0 spiro atoms. The van der Waals surface area contributed by atoms with E-state index >= 15 is 0 Å². The molecule has 1 aliphatic rings. The lowest BCUT2D eigenvalue weighted by atomic mass is 10.0. The molecule has 3 aromatic rings. The van der Waals surface area contributed by atoms with Crippen LogP contribution in [-0.2, 0) is 6.54 Å². The molecular formula is C21H15ClFN3O2. The number of hydrogen-bond donors (Lipinski definition) is 3. The fraction of sp³-hybridized carbons (Fsp3) is 0.0476. The molecule has 0 aromatic heterocycles. The van der Waals surface area contributed by atoms with Crippen molar-refractivity contribution in [3.05, 3.63) is 88.2 Å². The van der Waals surface area contributed by atoms with Crippen molar-refractivity contribution < 1.29 is 14.0 Å². The third-order valence-electron chi connectivity index (χ3n) is 4.46. The van der Waals surface area contributed by atoms with E-state index in [0.29, 0.717) is 34.1 Å². The molecular weight excluding hydrogens is 381 g/mol. The van der Waals surface area contributed by atoms with Crippen molar-refractivity contribution in [1.29, 1.82) is 0 Å². The van der Waals surface area contributed by atoms with Gasteiger partial charge in [0.15, 0.2) is 0 Å². The highest BCUT2D eigenvalue weighted by Gasteiger charge is 2.26. The molecule has 5 nitrogen and oxygen atoms in total. The van der Waals surface area contributed by atoms with Gasteiger partial charge in [-0.05, 0) is 48.5 Å². The maximum Gasteiger partial charge on any atom is 0.255 e. The van der Waals surface area contributed by atoms with Gasteiger partial charge in [0, 0.05) is 23.4 Å². The number of fused-ring (bicyclic) bond motifs is 1. The fourth-order valence-electron chi connectivity index (χ4n) is 3.07. The number of anilines is 3. The Hall–Kier alpha value is -3.38. The SMILES string of the molecule is O=C(Nc1ccc(Nc2ccccc2Cl)c2c1C(=O)NC2)c1ccc(F)cc1. The van der Waals surface area contributed by atoms with Crippen LogP contribution in [0.2, 0.25) is 5.02 Å². The average Bonchev–Trinajstić information content (AvgIpc) is 3.08. The summed E-state index contributed by atoms with van der Waals surface area (Å²) in [5.74, 6) is -1.12. The van der Waals surface area contributed by atoms with Gasteiger partial charge in [-0.3, -0.25) is 9.59 Å². The van der Waals surface area contributed by atoms with E-state index in [4.69, 9.17) is 11.6 Å². The number of para-hydroxylation sites is 1. The maximum atomic E-state index is 13.1. The predicted molar refractivity (Wildman–Crippen MR) is 107 cm³/mol. The van der Waals surface area contributed by atoms with Gasteiger partial charge in [0.2, 0.25) is 0 Å². The van der Waals surface area contributed by atoms with Crippen LogP contribution in [0.5, 0.6) is 0 Å². The summed E-state index contributed by atoms with van der Waals surface area (Å²) in [6.45, 7) is 0.335. The Morgan fingerprint density at radius 2 is 1.68 bits per heavy atom. The van der Waals surface area contributed by atoms with Gasteiger partial charge >= 0.3 is 0 Å². The van der Waals surface area contributed by atoms with E-state index in [1.807, 2.05) is 18.2 Å². The summed E-state index contributed by atoms with van der Waals surface area (Å²) in [5, 5.41) is 9.30. The number of hydrogen-bond acceptors (Lipinski definition) is 3. The number of benzene rings is 3. The number of halogens is 2. The Labute approximate surface area is 165 Å². The molecule has 0 saturated carbocycles. The van der Waals surface area contributed by atoms with Crippen LogP contribution in [0.15, 0.2) is 60.7 Å². The van der Waals surface area contributed by atoms with Gasteiger partial charge in [-0.25, -0.2) is 4.39 Å². The molecule has 28 heavy (non-hydrogen) atoms. The van der Waals surface area contributed by atoms with E-state index in [0.717, 1.165) is 11.3 Å². The first-order valence-corrected chi connectivity index (χ1v) is 8.93. The van der Waals surface area contributed by atoms with Crippen molar-refractivity contribution >= 4 is 40.5 Å². The zero-order valence-electron chi connectivity index (χ0n) is 14.6. The molecule has 0 atom stereocenters. The van der Waals surface area contributed by atoms with Crippen molar-refractivity contribution in [1.82, 2.24) is 5.32 Å². The monoisotopic (exact) mass is 395 g/mol. The standard InChI is InChI=1S/C21H15ClFN3O2/c22-15-3-1-2-4-17(15)25-16-9-10-18(19-14(16)11-24-21(19)28)26-20(27)12-5-7-13(23)8-6-12/h1-10,25H,11H2,(H,24,28)(H,26,27). The number of carbonyl (C=O) groups excluding carboxylic acids is 2. The zero-order valence-corrected chi connectivity index (χ0v) is 15.3. The second-order valence-electron chi connectivity index (χ2n) is 6.26. The summed E-state index contributed by atoms with van der Waals surface area (Å²) < 4.78 is 13.1. The summed E-state index contributed by atoms with van der Waals surface area (Å²) in [7, 11) is 0. The molecule has 0 aliphatic carbocycles. The largest absolute Gasteiger partial charge is 0.354 e. The minimum atomic E-state index is -0.424. The lowest BCUT2D eigenvalue weighted by molar-refractivity contribution is 0.0966. The molecule has 0 fully saturated rings. The van der Waals surface area contributed by atoms with Crippen molar-refractivity contribution in [2.45, 2.75) is 6.54 Å². The van der Waals surface area contributed by atoms with Gasteiger partial charge in [-0.1, -0.05) is 23.7 Å². The molecule has 0 unspecified atom stereocenters. The first kappa shape index (κ1) is 18.0. The first-order valence-electron chi connectivity index (χ1n) is 8.55. The van der Waals surface area contributed by atoms with Crippen LogP contribution in [0, 0.1) is 5.82 Å². The Balaban J connectivity index is 1.66. The molecule has 7 heteroatoms. The topological polar surface area (TPSA) is 70.2 Å². The van der Waals surface area contributed by atoms with Crippen molar-refractivity contribution in [2.75, 3.05) is 10.6 Å². The van der Waals surface area contributed by atoms with Gasteiger partial charge in [0.05, 0.1) is 22.0 Å². The maximum absolute atomic E-state index is 13.1. The molecule has 140 valence electrons. The normalized spacial score (nSPS) is 12.3. The van der Waals surface area contributed by atoms with Crippen LogP contribution in [0.4, 0.5) is 21.5 Å². The molecule has 4 rings (SSSR count). The van der Waals surface area contributed by atoms with Gasteiger partial charge in [0.25, 0.3) is 11.8 Å². The van der Waals surface area contributed by atoms with Crippen LogP contribution in [0.25, 0.3) is 0 Å². The van der Waals surface area contributed by atoms with E-state index in [1.165, 1.54) is 24.3 Å². The number of carbonyl (C=O) groups is 2. The Morgan fingerprint density at radius 3 is 2.43 bits per heavy atom. The van der Waals surface area contributed by atoms with Gasteiger partial charge in [0.1, 0.15) is 5.82 Å². The predicted octanol–water partition coefficient (Wildman–Crippen LogP) is 4.72. The molecule has 0 bridgehead atoms. The quantitative estimate of drug-likeness (QED) is 0.598. The van der Waals surface area contributed by atoms with Gasteiger partial charge in [-0.15, -0.1) is 0 Å². The Bertz CT molecular complexity index is 1080. The highest BCUT2D eigenvalue weighted by atomic mass is 35.5. The second-order valence-corrected chi connectivity index (χ2v) is 6.67. The highest BCUT2D eigenvalue weighted by Crippen LogP contribution is 2.34. The van der Waals surface area contributed by atoms with Crippen LogP contribution in [-0.4, -0.2) is 11.8 Å². The summed E-state index contributed by atoms with van der Waals surface area (Å²) in [6.07, 6.45) is 0. The Kier molecular flexibility index (Phi) is 4.71.